The summed E-state index contributed by atoms with van der Waals surface area (Å²) in [5.41, 5.74) is 1.35. The van der Waals surface area contributed by atoms with E-state index >= 15 is 0 Å². The highest BCUT2D eigenvalue weighted by Gasteiger charge is 2.18. The number of nitrogens with two attached hydrogens (primary N) is 1. The zero-order chi connectivity index (χ0) is 19.6. The molecule has 1 heterocycles. The van der Waals surface area contributed by atoms with Crippen LogP contribution in [0.5, 0.6) is 0 Å². The van der Waals surface area contributed by atoms with E-state index in [1.165, 1.54) is 12.1 Å². The lowest BCUT2D eigenvalue weighted by molar-refractivity contribution is -0.133. The molecule has 0 amide bonds. The number of halogens is 1. The standard InChI is InChI=1S/C16H13BrN4O4S2/c17-11-3-1-10(2-4-11)15-19-20-16(26-9-14(22)23)21(15)12-5-7-13(8-6-12)27(18,24)25/h1-8H,9H2,(H,22,23)(H2,18,24,25). The van der Waals surface area contributed by atoms with Crippen LogP contribution in [-0.4, -0.2) is 40.0 Å². The van der Waals surface area contributed by atoms with Crippen LogP contribution in [0.4, 0.5) is 0 Å². The van der Waals surface area contributed by atoms with E-state index in [9.17, 15) is 13.2 Å². The van der Waals surface area contributed by atoms with E-state index < -0.39 is 16.0 Å². The zero-order valence-corrected chi connectivity index (χ0v) is 16.8. The molecule has 0 aliphatic rings. The first-order valence-corrected chi connectivity index (χ1v) is 10.8. The van der Waals surface area contributed by atoms with Crippen molar-refractivity contribution < 1.29 is 18.3 Å². The number of carboxylic acids is 1. The minimum Gasteiger partial charge on any atom is -0.481 e. The number of carbonyl (C=O) groups is 1. The Labute approximate surface area is 167 Å². The summed E-state index contributed by atoms with van der Waals surface area (Å²) in [7, 11) is -3.82. The Morgan fingerprint density at radius 1 is 1.11 bits per heavy atom. The number of primary sulfonamides is 1. The number of sulfonamides is 1. The van der Waals surface area contributed by atoms with Crippen LogP contribution in [0.2, 0.25) is 0 Å². The predicted octanol–water partition coefficient (Wildman–Crippen LogP) is 2.52. The normalized spacial score (nSPS) is 11.5. The van der Waals surface area contributed by atoms with Crippen LogP contribution in [-0.2, 0) is 14.8 Å². The minimum absolute atomic E-state index is 0.0238. The summed E-state index contributed by atoms with van der Waals surface area (Å²) in [6.07, 6.45) is 0. The van der Waals surface area contributed by atoms with Crippen LogP contribution < -0.4 is 5.14 Å². The van der Waals surface area contributed by atoms with E-state index in [2.05, 4.69) is 26.1 Å². The second kappa shape index (κ2) is 7.80. The van der Waals surface area contributed by atoms with E-state index in [4.69, 9.17) is 10.2 Å². The van der Waals surface area contributed by atoms with E-state index in [1.54, 1.807) is 16.7 Å². The number of hydrogen-bond donors (Lipinski definition) is 2. The first kappa shape index (κ1) is 19.5. The average molecular weight is 469 g/mol. The van der Waals surface area contributed by atoms with Gasteiger partial charge in [0.05, 0.1) is 10.6 Å². The Morgan fingerprint density at radius 3 is 2.30 bits per heavy atom. The zero-order valence-electron chi connectivity index (χ0n) is 13.6. The van der Waals surface area contributed by atoms with Crippen molar-refractivity contribution in [1.82, 2.24) is 14.8 Å². The highest BCUT2D eigenvalue weighted by molar-refractivity contribution is 9.10. The van der Waals surface area contributed by atoms with Gasteiger partial charge < -0.3 is 5.11 Å². The largest absolute Gasteiger partial charge is 0.481 e. The SMILES string of the molecule is NS(=O)(=O)c1ccc(-n2c(SCC(=O)O)nnc2-c2ccc(Br)cc2)cc1. The maximum atomic E-state index is 11.5. The van der Waals surface area contributed by atoms with Crippen molar-refractivity contribution in [1.29, 1.82) is 0 Å². The van der Waals surface area contributed by atoms with Crippen LogP contribution in [0.1, 0.15) is 0 Å². The Kier molecular flexibility index (Phi) is 5.65. The van der Waals surface area contributed by atoms with Crippen LogP contribution in [0.15, 0.2) is 63.1 Å². The molecule has 3 N–H and O–H groups in total. The summed E-state index contributed by atoms with van der Waals surface area (Å²) >= 11 is 4.39. The fourth-order valence-corrected chi connectivity index (χ4v) is 3.75. The van der Waals surface area contributed by atoms with E-state index in [1.807, 2.05) is 24.3 Å². The number of carboxylic acid groups (broad SMARTS) is 1. The number of aliphatic carboxylic acids is 1. The summed E-state index contributed by atoms with van der Waals surface area (Å²) < 4.78 is 25.5. The van der Waals surface area contributed by atoms with Gasteiger partial charge in [0.25, 0.3) is 0 Å². The summed E-state index contributed by atoms with van der Waals surface area (Å²) in [5, 5.41) is 22.7. The second-order valence-electron chi connectivity index (χ2n) is 5.37. The van der Waals surface area contributed by atoms with Gasteiger partial charge in [-0.3, -0.25) is 9.36 Å². The number of nitrogens with zero attached hydrogens (tertiary/aromatic N) is 3. The molecule has 0 radical (unpaired) electrons. The molecule has 11 heteroatoms. The van der Waals surface area contributed by atoms with Crippen molar-refractivity contribution in [2.24, 2.45) is 5.14 Å². The molecule has 8 nitrogen and oxygen atoms in total. The molecule has 0 saturated carbocycles. The number of aromatic nitrogens is 3. The van der Waals surface area contributed by atoms with Gasteiger partial charge in [0, 0.05) is 15.7 Å². The van der Waals surface area contributed by atoms with Gasteiger partial charge in [0.1, 0.15) is 0 Å². The fourth-order valence-electron chi connectivity index (χ4n) is 2.29. The molecule has 140 valence electrons. The lowest BCUT2D eigenvalue weighted by Gasteiger charge is -2.10. The van der Waals surface area contributed by atoms with Crippen molar-refractivity contribution in [2.45, 2.75) is 10.1 Å². The molecule has 0 aliphatic carbocycles. The Bertz CT molecular complexity index is 1080. The number of rotatable bonds is 6. The number of thioether (sulfide) groups is 1. The van der Waals surface area contributed by atoms with Crippen molar-refractivity contribution in [3.05, 3.63) is 53.0 Å². The van der Waals surface area contributed by atoms with Crippen LogP contribution in [0.3, 0.4) is 0 Å². The molecule has 0 bridgehead atoms. The third kappa shape index (κ3) is 4.56. The van der Waals surface area contributed by atoms with Crippen molar-refractivity contribution in [3.63, 3.8) is 0 Å². The van der Waals surface area contributed by atoms with Gasteiger partial charge in [-0.2, -0.15) is 0 Å². The number of benzene rings is 2. The second-order valence-corrected chi connectivity index (χ2v) is 8.79. The molecular formula is C16H13BrN4O4S2. The minimum atomic E-state index is -3.82. The van der Waals surface area contributed by atoms with Crippen LogP contribution >= 0.6 is 27.7 Å². The van der Waals surface area contributed by atoms with E-state index in [0.29, 0.717) is 16.7 Å². The lowest BCUT2D eigenvalue weighted by atomic mass is 10.2. The molecule has 2 aromatic carbocycles. The molecule has 0 spiro atoms. The van der Waals surface area contributed by atoms with Crippen molar-refractivity contribution in [2.75, 3.05) is 5.75 Å². The third-order valence-electron chi connectivity index (χ3n) is 3.48. The van der Waals surface area contributed by atoms with E-state index in [0.717, 1.165) is 21.8 Å². The highest BCUT2D eigenvalue weighted by atomic mass is 79.9. The average Bonchev–Trinajstić information content (AvgIpc) is 3.04. The maximum absolute atomic E-state index is 11.5. The highest BCUT2D eigenvalue weighted by Crippen LogP contribution is 2.29. The monoisotopic (exact) mass is 468 g/mol. The van der Waals surface area contributed by atoms with Crippen molar-refractivity contribution in [3.8, 4) is 17.1 Å². The lowest BCUT2D eigenvalue weighted by Crippen LogP contribution is -2.12. The molecule has 3 rings (SSSR count). The van der Waals surface area contributed by atoms with Gasteiger partial charge in [-0.05, 0) is 36.4 Å². The predicted molar refractivity (Wildman–Crippen MR) is 104 cm³/mol. The summed E-state index contributed by atoms with van der Waals surface area (Å²) in [6, 6.07) is 13.3. The molecule has 3 aromatic rings. The first-order chi connectivity index (χ1) is 12.8. The molecule has 0 unspecified atom stereocenters. The Morgan fingerprint density at radius 2 is 1.74 bits per heavy atom. The Balaban J connectivity index is 2.11. The molecule has 0 saturated heterocycles. The molecule has 0 fully saturated rings. The first-order valence-electron chi connectivity index (χ1n) is 7.45. The fraction of sp³-hybridized carbons (Fsp3) is 0.0625. The van der Waals surface area contributed by atoms with Gasteiger partial charge in [0.2, 0.25) is 10.0 Å². The molecule has 0 aliphatic heterocycles. The quantitative estimate of drug-likeness (QED) is 0.531. The van der Waals surface area contributed by atoms with E-state index in [-0.39, 0.29) is 10.6 Å². The molecular weight excluding hydrogens is 456 g/mol. The molecule has 0 atom stereocenters. The van der Waals surface area contributed by atoms with Crippen LogP contribution in [0.25, 0.3) is 17.1 Å². The summed E-state index contributed by atoms with van der Waals surface area (Å²) in [4.78, 5) is 10.9. The smallest absolute Gasteiger partial charge is 0.313 e. The number of hydrogen-bond acceptors (Lipinski definition) is 6. The third-order valence-corrected chi connectivity index (χ3v) is 5.86. The van der Waals surface area contributed by atoms with Gasteiger partial charge >= 0.3 is 5.97 Å². The van der Waals surface area contributed by atoms with Gasteiger partial charge in [-0.15, -0.1) is 10.2 Å². The van der Waals surface area contributed by atoms with Gasteiger partial charge in [-0.25, -0.2) is 13.6 Å². The molecule has 1 aromatic heterocycles. The van der Waals surface area contributed by atoms with Crippen LogP contribution in [0, 0.1) is 0 Å². The maximum Gasteiger partial charge on any atom is 0.313 e. The van der Waals surface area contributed by atoms with Gasteiger partial charge in [0.15, 0.2) is 11.0 Å². The Hall–Kier alpha value is -2.21. The molecule has 27 heavy (non-hydrogen) atoms. The van der Waals surface area contributed by atoms with Crippen molar-refractivity contribution >= 4 is 43.7 Å². The topological polar surface area (TPSA) is 128 Å². The summed E-state index contributed by atoms with van der Waals surface area (Å²) in [5.74, 6) is -0.670. The summed E-state index contributed by atoms with van der Waals surface area (Å²) in [6.45, 7) is 0. The van der Waals surface area contributed by atoms with Gasteiger partial charge in [-0.1, -0.05) is 39.8 Å².